The maximum atomic E-state index is 10.6. The number of hydrogen-bond acceptors (Lipinski definition) is 5. The molecule has 1 fully saturated rings. The number of aromatic nitrogens is 2. The van der Waals surface area contributed by atoms with E-state index < -0.39 is 5.97 Å². The monoisotopic (exact) mass is 223 g/mol. The number of carbonyl (C=O) groups is 1. The first-order valence-electron chi connectivity index (χ1n) is 5.13. The highest BCUT2D eigenvalue weighted by Gasteiger charge is 2.23. The van der Waals surface area contributed by atoms with Crippen LogP contribution in [0.3, 0.4) is 0 Å². The van der Waals surface area contributed by atoms with Crippen molar-refractivity contribution in [1.82, 2.24) is 10.2 Å². The number of anilines is 1. The van der Waals surface area contributed by atoms with Crippen LogP contribution in [0.15, 0.2) is 12.1 Å². The molecule has 1 aliphatic rings. The minimum atomic E-state index is -1.08. The number of rotatable bonds is 3. The zero-order valence-corrected chi connectivity index (χ0v) is 8.70. The lowest BCUT2D eigenvalue weighted by Crippen LogP contribution is -2.22. The molecule has 86 valence electrons. The van der Waals surface area contributed by atoms with Crippen molar-refractivity contribution in [2.75, 3.05) is 24.6 Å². The van der Waals surface area contributed by atoms with Gasteiger partial charge in [-0.05, 0) is 18.6 Å². The number of aliphatic hydroxyl groups excluding tert-OH is 1. The number of aromatic carboxylic acids is 1. The van der Waals surface area contributed by atoms with Gasteiger partial charge in [0, 0.05) is 25.6 Å². The molecular formula is C10H13N3O3. The number of aliphatic hydroxyl groups is 1. The van der Waals surface area contributed by atoms with Gasteiger partial charge in [0.1, 0.15) is 0 Å². The lowest BCUT2D eigenvalue weighted by atomic mass is 10.1. The Morgan fingerprint density at radius 1 is 1.50 bits per heavy atom. The third-order valence-corrected chi connectivity index (χ3v) is 2.74. The van der Waals surface area contributed by atoms with Crippen LogP contribution in [0.5, 0.6) is 0 Å². The fourth-order valence-corrected chi connectivity index (χ4v) is 1.80. The van der Waals surface area contributed by atoms with Crippen LogP contribution in [0.25, 0.3) is 0 Å². The molecule has 0 saturated carbocycles. The quantitative estimate of drug-likeness (QED) is 0.749. The van der Waals surface area contributed by atoms with Gasteiger partial charge in [0.05, 0.1) is 0 Å². The largest absolute Gasteiger partial charge is 0.476 e. The Morgan fingerprint density at radius 2 is 2.31 bits per heavy atom. The molecule has 1 aromatic heterocycles. The summed E-state index contributed by atoms with van der Waals surface area (Å²) in [5.74, 6) is -0.129. The molecule has 0 radical (unpaired) electrons. The maximum Gasteiger partial charge on any atom is 0.356 e. The van der Waals surface area contributed by atoms with E-state index in [1.807, 2.05) is 4.90 Å². The molecule has 6 heteroatoms. The van der Waals surface area contributed by atoms with Gasteiger partial charge >= 0.3 is 5.97 Å². The highest BCUT2D eigenvalue weighted by Crippen LogP contribution is 2.20. The number of hydrogen-bond donors (Lipinski definition) is 2. The van der Waals surface area contributed by atoms with Crippen molar-refractivity contribution in [3.05, 3.63) is 17.8 Å². The lowest BCUT2D eigenvalue weighted by molar-refractivity contribution is 0.0689. The Hall–Kier alpha value is -1.69. The van der Waals surface area contributed by atoms with Gasteiger partial charge in [-0.15, -0.1) is 10.2 Å². The van der Waals surface area contributed by atoms with Crippen molar-refractivity contribution in [2.24, 2.45) is 5.92 Å². The first-order chi connectivity index (χ1) is 7.70. The Morgan fingerprint density at radius 3 is 2.81 bits per heavy atom. The van der Waals surface area contributed by atoms with Crippen molar-refractivity contribution in [3.8, 4) is 0 Å². The summed E-state index contributed by atoms with van der Waals surface area (Å²) in [6, 6.07) is 3.09. The predicted octanol–water partition coefficient (Wildman–Crippen LogP) is -0.00660. The molecule has 0 aliphatic carbocycles. The summed E-state index contributed by atoms with van der Waals surface area (Å²) < 4.78 is 0. The lowest BCUT2D eigenvalue weighted by Gasteiger charge is -2.15. The average molecular weight is 223 g/mol. The summed E-state index contributed by atoms with van der Waals surface area (Å²) in [5.41, 5.74) is -0.0540. The van der Waals surface area contributed by atoms with Gasteiger partial charge in [-0.25, -0.2) is 4.79 Å². The third kappa shape index (κ3) is 2.11. The van der Waals surface area contributed by atoms with Gasteiger partial charge in [0.25, 0.3) is 0 Å². The molecule has 0 spiro atoms. The summed E-state index contributed by atoms with van der Waals surface area (Å²) in [7, 11) is 0. The Kier molecular flexibility index (Phi) is 3.00. The van der Waals surface area contributed by atoms with E-state index in [1.165, 1.54) is 6.07 Å². The minimum Gasteiger partial charge on any atom is -0.476 e. The van der Waals surface area contributed by atoms with Crippen LogP contribution in [0.2, 0.25) is 0 Å². The first-order valence-corrected chi connectivity index (χ1v) is 5.13. The van der Waals surface area contributed by atoms with Gasteiger partial charge in [-0.2, -0.15) is 0 Å². The molecule has 6 nitrogen and oxygen atoms in total. The Bertz CT molecular complexity index is 379. The van der Waals surface area contributed by atoms with Crippen molar-refractivity contribution < 1.29 is 15.0 Å². The highest BCUT2D eigenvalue weighted by molar-refractivity contribution is 5.85. The van der Waals surface area contributed by atoms with E-state index >= 15 is 0 Å². The number of carboxylic acids is 1. The van der Waals surface area contributed by atoms with E-state index in [0.29, 0.717) is 5.82 Å². The number of nitrogens with zero attached hydrogens (tertiary/aromatic N) is 3. The van der Waals surface area contributed by atoms with E-state index in [2.05, 4.69) is 10.2 Å². The molecule has 0 aromatic carbocycles. The van der Waals surface area contributed by atoms with Crippen LogP contribution in [-0.2, 0) is 0 Å². The van der Waals surface area contributed by atoms with Crippen LogP contribution < -0.4 is 4.90 Å². The van der Waals surface area contributed by atoms with Gasteiger partial charge in [-0.1, -0.05) is 0 Å². The summed E-state index contributed by atoms with van der Waals surface area (Å²) in [6.07, 6.45) is 0.929. The fourth-order valence-electron chi connectivity index (χ4n) is 1.80. The summed E-state index contributed by atoms with van der Waals surface area (Å²) >= 11 is 0. The average Bonchev–Trinajstić information content (AvgIpc) is 2.77. The zero-order valence-electron chi connectivity index (χ0n) is 8.70. The molecule has 1 atom stereocenters. The SMILES string of the molecule is O=C(O)c1ccc(N2CCC(CO)C2)nn1. The molecule has 16 heavy (non-hydrogen) atoms. The Labute approximate surface area is 92.5 Å². The van der Waals surface area contributed by atoms with Crippen LogP contribution in [-0.4, -0.2) is 46.1 Å². The van der Waals surface area contributed by atoms with Gasteiger partial charge in [0.15, 0.2) is 11.5 Å². The molecule has 1 aliphatic heterocycles. The second-order valence-electron chi connectivity index (χ2n) is 3.87. The van der Waals surface area contributed by atoms with Crippen molar-refractivity contribution in [3.63, 3.8) is 0 Å². The minimum absolute atomic E-state index is 0.0540. The van der Waals surface area contributed by atoms with Crippen molar-refractivity contribution in [2.45, 2.75) is 6.42 Å². The molecule has 1 aromatic rings. The second kappa shape index (κ2) is 4.44. The molecule has 1 saturated heterocycles. The summed E-state index contributed by atoms with van der Waals surface area (Å²) in [4.78, 5) is 12.6. The zero-order chi connectivity index (χ0) is 11.5. The highest BCUT2D eigenvalue weighted by atomic mass is 16.4. The van der Waals surface area contributed by atoms with Crippen LogP contribution in [0.4, 0.5) is 5.82 Å². The molecule has 0 amide bonds. The normalized spacial score (nSPS) is 20.1. The summed E-state index contributed by atoms with van der Waals surface area (Å²) in [5, 5.41) is 25.2. The number of carboxylic acid groups (broad SMARTS) is 1. The van der Waals surface area contributed by atoms with E-state index in [9.17, 15) is 4.79 Å². The fraction of sp³-hybridized carbons (Fsp3) is 0.500. The molecule has 2 rings (SSSR count). The molecule has 0 bridgehead atoms. The molecule has 2 heterocycles. The summed E-state index contributed by atoms with van der Waals surface area (Å²) in [6.45, 7) is 1.75. The smallest absolute Gasteiger partial charge is 0.356 e. The molecule has 1 unspecified atom stereocenters. The van der Waals surface area contributed by atoms with Crippen molar-refractivity contribution in [1.29, 1.82) is 0 Å². The van der Waals surface area contributed by atoms with E-state index in [-0.39, 0.29) is 18.2 Å². The van der Waals surface area contributed by atoms with Crippen LogP contribution >= 0.6 is 0 Å². The van der Waals surface area contributed by atoms with Crippen LogP contribution in [0, 0.1) is 5.92 Å². The second-order valence-corrected chi connectivity index (χ2v) is 3.87. The topological polar surface area (TPSA) is 86.5 Å². The maximum absolute atomic E-state index is 10.6. The molecular weight excluding hydrogens is 210 g/mol. The van der Waals surface area contributed by atoms with E-state index in [4.69, 9.17) is 10.2 Å². The van der Waals surface area contributed by atoms with Crippen LogP contribution in [0.1, 0.15) is 16.9 Å². The van der Waals surface area contributed by atoms with Gasteiger partial charge < -0.3 is 15.1 Å². The van der Waals surface area contributed by atoms with Gasteiger partial charge in [0.2, 0.25) is 0 Å². The van der Waals surface area contributed by atoms with Gasteiger partial charge in [-0.3, -0.25) is 0 Å². The Balaban J connectivity index is 2.08. The predicted molar refractivity (Wildman–Crippen MR) is 56.4 cm³/mol. The van der Waals surface area contributed by atoms with Crippen molar-refractivity contribution >= 4 is 11.8 Å². The molecule has 2 N–H and O–H groups in total. The first kappa shape index (κ1) is 10.8. The van der Waals surface area contributed by atoms with E-state index in [1.54, 1.807) is 6.07 Å². The third-order valence-electron chi connectivity index (χ3n) is 2.74. The standard InChI is InChI=1S/C10H13N3O3/c14-6-7-3-4-13(5-7)9-2-1-8(10(15)16)11-12-9/h1-2,7,14H,3-6H2,(H,15,16). The van der Waals surface area contributed by atoms with E-state index in [0.717, 1.165) is 19.5 Å².